The molecule has 0 saturated carbocycles. The lowest BCUT2D eigenvalue weighted by Gasteiger charge is -2.39. The van der Waals surface area contributed by atoms with Crippen molar-refractivity contribution in [3.63, 3.8) is 0 Å². The predicted octanol–water partition coefficient (Wildman–Crippen LogP) is 3.70. The van der Waals surface area contributed by atoms with Crippen LogP contribution in [0.5, 0.6) is 0 Å². The predicted molar refractivity (Wildman–Crippen MR) is 106 cm³/mol. The van der Waals surface area contributed by atoms with Gasteiger partial charge in [0.25, 0.3) is 0 Å². The normalized spacial score (nSPS) is 15.2. The Labute approximate surface area is 179 Å². The number of aliphatic hydroxyl groups excluding tert-OH is 1. The van der Waals surface area contributed by atoms with Crippen molar-refractivity contribution in [3.05, 3.63) is 77.5 Å². The number of hydrogen-bond donors (Lipinski definition) is 2. The molecule has 1 fully saturated rings. The van der Waals surface area contributed by atoms with Gasteiger partial charge in [-0.05, 0) is 42.5 Å². The Balaban J connectivity index is 1.60. The molecule has 3 heterocycles. The average Bonchev–Trinajstić information content (AvgIpc) is 2.74. The Morgan fingerprint density at radius 3 is 2.34 bits per heavy atom. The SMILES string of the molecule is O=C(Nc1ccc(F)cc1)C1(c2ccc(-c3ncc(C(F)(F)F)cc3CO)cn2)COC1. The van der Waals surface area contributed by atoms with Gasteiger partial charge in [0.15, 0.2) is 0 Å². The van der Waals surface area contributed by atoms with E-state index in [-0.39, 0.29) is 30.4 Å². The van der Waals surface area contributed by atoms with Crippen LogP contribution in [-0.2, 0) is 27.7 Å². The Morgan fingerprint density at radius 2 is 1.81 bits per heavy atom. The molecule has 1 aromatic carbocycles. The molecule has 0 unspecified atom stereocenters. The van der Waals surface area contributed by atoms with Crippen molar-refractivity contribution in [1.82, 2.24) is 9.97 Å². The smallest absolute Gasteiger partial charge is 0.392 e. The minimum Gasteiger partial charge on any atom is -0.392 e. The first-order valence-electron chi connectivity index (χ1n) is 9.51. The number of ether oxygens (including phenoxy) is 1. The maximum Gasteiger partial charge on any atom is 0.417 e. The number of hydrogen-bond acceptors (Lipinski definition) is 5. The zero-order valence-electron chi connectivity index (χ0n) is 16.5. The third-order valence-electron chi connectivity index (χ3n) is 5.23. The van der Waals surface area contributed by atoms with E-state index in [1.807, 2.05) is 0 Å². The van der Waals surface area contributed by atoms with Gasteiger partial charge in [0.2, 0.25) is 5.91 Å². The first-order valence-corrected chi connectivity index (χ1v) is 9.51. The number of pyridine rings is 2. The van der Waals surface area contributed by atoms with Crippen molar-refractivity contribution in [1.29, 1.82) is 0 Å². The van der Waals surface area contributed by atoms with E-state index < -0.39 is 29.6 Å². The second kappa shape index (κ2) is 8.29. The van der Waals surface area contributed by atoms with Crippen LogP contribution in [0.15, 0.2) is 54.9 Å². The molecule has 10 heteroatoms. The van der Waals surface area contributed by atoms with E-state index in [0.717, 1.165) is 6.07 Å². The Hall–Kier alpha value is -3.37. The first-order chi connectivity index (χ1) is 15.2. The van der Waals surface area contributed by atoms with E-state index in [0.29, 0.717) is 23.1 Å². The van der Waals surface area contributed by atoms with Gasteiger partial charge in [-0.25, -0.2) is 4.39 Å². The molecule has 0 spiro atoms. The lowest BCUT2D eigenvalue weighted by Crippen LogP contribution is -2.56. The first kappa shape index (κ1) is 21.8. The summed E-state index contributed by atoms with van der Waals surface area (Å²) in [6.45, 7) is -0.453. The number of rotatable bonds is 5. The fraction of sp³-hybridized carbons (Fsp3) is 0.227. The van der Waals surface area contributed by atoms with Gasteiger partial charge < -0.3 is 15.2 Å². The van der Waals surface area contributed by atoms with Crippen LogP contribution >= 0.6 is 0 Å². The fourth-order valence-electron chi connectivity index (χ4n) is 3.35. The largest absolute Gasteiger partial charge is 0.417 e. The van der Waals surface area contributed by atoms with Crippen LogP contribution in [0, 0.1) is 5.82 Å². The maximum atomic E-state index is 13.1. The van der Waals surface area contributed by atoms with Gasteiger partial charge in [-0.2, -0.15) is 13.2 Å². The summed E-state index contributed by atoms with van der Waals surface area (Å²) in [4.78, 5) is 21.1. The highest BCUT2D eigenvalue weighted by Gasteiger charge is 2.49. The van der Waals surface area contributed by atoms with Crippen LogP contribution in [0.4, 0.5) is 23.2 Å². The Morgan fingerprint density at radius 1 is 1.09 bits per heavy atom. The highest BCUT2D eigenvalue weighted by molar-refractivity contribution is 5.99. The molecule has 0 aliphatic carbocycles. The van der Waals surface area contributed by atoms with Gasteiger partial charge in [0.05, 0.1) is 36.8 Å². The molecule has 0 bridgehead atoms. The summed E-state index contributed by atoms with van der Waals surface area (Å²) < 4.78 is 57.1. The van der Waals surface area contributed by atoms with Gasteiger partial charge >= 0.3 is 6.18 Å². The van der Waals surface area contributed by atoms with Gasteiger partial charge in [-0.3, -0.25) is 14.8 Å². The number of nitrogens with one attached hydrogen (secondary N) is 1. The van der Waals surface area contributed by atoms with Crippen LogP contribution in [0.25, 0.3) is 11.3 Å². The minimum absolute atomic E-state index is 0.00474. The van der Waals surface area contributed by atoms with E-state index in [4.69, 9.17) is 4.74 Å². The number of aromatic nitrogens is 2. The van der Waals surface area contributed by atoms with Crippen molar-refractivity contribution < 1.29 is 32.2 Å². The molecule has 4 rings (SSSR count). The standard InChI is InChI=1S/C22H17F4N3O3/c23-16-2-4-17(5-3-16)29-20(31)21(11-32-12-21)18-6-1-13(8-27-18)19-14(10-30)7-15(9-28-19)22(24,25)26/h1-9,30H,10-12H2,(H,29,31). The van der Waals surface area contributed by atoms with E-state index in [1.54, 1.807) is 12.1 Å². The fourth-order valence-corrected chi connectivity index (χ4v) is 3.35. The maximum absolute atomic E-state index is 13.1. The van der Waals surface area contributed by atoms with Crippen molar-refractivity contribution >= 4 is 11.6 Å². The van der Waals surface area contributed by atoms with Gasteiger partial charge in [0.1, 0.15) is 11.2 Å². The number of halogens is 4. The zero-order valence-corrected chi connectivity index (χ0v) is 16.5. The lowest BCUT2D eigenvalue weighted by molar-refractivity contribution is -0.140. The zero-order chi connectivity index (χ0) is 22.9. The second-order valence-corrected chi connectivity index (χ2v) is 7.36. The summed E-state index contributed by atoms with van der Waals surface area (Å²) in [6, 6.07) is 9.30. The van der Waals surface area contributed by atoms with Gasteiger partial charge in [0, 0.05) is 29.2 Å². The molecule has 1 aliphatic heterocycles. The number of aliphatic hydroxyl groups is 1. The van der Waals surface area contributed by atoms with Crippen LogP contribution < -0.4 is 5.32 Å². The lowest BCUT2D eigenvalue weighted by atomic mass is 9.80. The Kier molecular flexibility index (Phi) is 5.66. The number of anilines is 1. The number of alkyl halides is 3. The van der Waals surface area contributed by atoms with Crippen molar-refractivity contribution in [2.75, 3.05) is 18.5 Å². The molecule has 1 aliphatic rings. The summed E-state index contributed by atoms with van der Waals surface area (Å²) in [5.41, 5.74) is -0.635. The highest BCUT2D eigenvalue weighted by atomic mass is 19.4. The highest BCUT2D eigenvalue weighted by Crippen LogP contribution is 2.35. The van der Waals surface area contributed by atoms with Crippen molar-refractivity contribution in [3.8, 4) is 11.3 Å². The summed E-state index contributed by atoms with van der Waals surface area (Å²) in [5, 5.41) is 12.2. The molecule has 2 aromatic heterocycles. The van der Waals surface area contributed by atoms with Crippen LogP contribution in [-0.4, -0.2) is 34.2 Å². The molecular formula is C22H17F4N3O3. The third-order valence-corrected chi connectivity index (χ3v) is 5.23. The Bertz CT molecular complexity index is 1130. The number of nitrogens with zero attached hydrogens (tertiary/aromatic N) is 2. The number of amides is 1. The molecule has 6 nitrogen and oxygen atoms in total. The summed E-state index contributed by atoms with van der Waals surface area (Å²) in [5.74, 6) is -0.805. The second-order valence-electron chi connectivity index (χ2n) is 7.36. The summed E-state index contributed by atoms with van der Waals surface area (Å²) in [7, 11) is 0. The molecule has 0 radical (unpaired) electrons. The van der Waals surface area contributed by atoms with E-state index in [1.165, 1.54) is 30.5 Å². The topological polar surface area (TPSA) is 84.3 Å². The molecule has 166 valence electrons. The molecule has 1 saturated heterocycles. The van der Waals surface area contributed by atoms with Gasteiger partial charge in [-0.15, -0.1) is 0 Å². The number of carbonyl (C=O) groups excluding carboxylic acids is 1. The quantitative estimate of drug-likeness (QED) is 0.583. The molecule has 0 atom stereocenters. The molecule has 3 aromatic rings. The summed E-state index contributed by atoms with van der Waals surface area (Å²) >= 11 is 0. The van der Waals surface area contributed by atoms with Crippen molar-refractivity contribution in [2.45, 2.75) is 18.2 Å². The molecule has 32 heavy (non-hydrogen) atoms. The van der Waals surface area contributed by atoms with Crippen LogP contribution in [0.2, 0.25) is 0 Å². The van der Waals surface area contributed by atoms with Crippen molar-refractivity contribution in [2.24, 2.45) is 0 Å². The van der Waals surface area contributed by atoms with Gasteiger partial charge in [-0.1, -0.05) is 0 Å². The van der Waals surface area contributed by atoms with E-state index in [9.17, 15) is 27.5 Å². The summed E-state index contributed by atoms with van der Waals surface area (Å²) in [6.07, 6.45) is -2.50. The van der Waals surface area contributed by atoms with Crippen LogP contribution in [0.1, 0.15) is 16.8 Å². The monoisotopic (exact) mass is 447 g/mol. The molecule has 2 N–H and O–H groups in total. The number of benzene rings is 1. The third kappa shape index (κ3) is 4.06. The van der Waals surface area contributed by atoms with E-state index in [2.05, 4.69) is 15.3 Å². The van der Waals surface area contributed by atoms with E-state index >= 15 is 0 Å². The molecule has 1 amide bonds. The van der Waals surface area contributed by atoms with Crippen LogP contribution in [0.3, 0.4) is 0 Å². The number of carbonyl (C=O) groups is 1. The minimum atomic E-state index is -4.58. The molecular weight excluding hydrogens is 430 g/mol. The average molecular weight is 447 g/mol.